The molecule has 5 nitrogen and oxygen atoms in total. The Morgan fingerprint density at radius 2 is 1.79 bits per heavy atom. The van der Waals surface area contributed by atoms with Crippen LogP contribution in [0.15, 0.2) is 59.2 Å². The molecular weight excluding hydrogens is 385 g/mol. The fraction of sp³-hybridized carbons (Fsp3) is 0.238. The van der Waals surface area contributed by atoms with E-state index in [9.17, 15) is 18.0 Å². The van der Waals surface area contributed by atoms with Gasteiger partial charge in [0, 0.05) is 11.3 Å². The molecule has 0 fully saturated rings. The van der Waals surface area contributed by atoms with Crippen molar-refractivity contribution >= 4 is 11.6 Å². The van der Waals surface area contributed by atoms with Gasteiger partial charge in [0.15, 0.2) is 5.69 Å². The first kappa shape index (κ1) is 20.4. The quantitative estimate of drug-likeness (QED) is 0.506. The molecule has 1 N–H and O–H groups in total. The highest BCUT2D eigenvalue weighted by molar-refractivity contribution is 6.02. The number of nitrogens with one attached hydrogen (secondary N) is 1. The van der Waals surface area contributed by atoms with Gasteiger partial charge in [-0.15, -0.1) is 0 Å². The monoisotopic (exact) mass is 404 g/mol. The van der Waals surface area contributed by atoms with Gasteiger partial charge < -0.3 is 14.5 Å². The van der Waals surface area contributed by atoms with Crippen molar-refractivity contribution in [1.29, 1.82) is 0 Å². The first-order chi connectivity index (χ1) is 13.9. The van der Waals surface area contributed by atoms with Crippen molar-refractivity contribution in [2.24, 2.45) is 0 Å². The van der Waals surface area contributed by atoms with Crippen LogP contribution in [0.5, 0.6) is 5.75 Å². The molecular formula is C21H19F3N2O3. The van der Waals surface area contributed by atoms with E-state index < -0.39 is 17.6 Å². The summed E-state index contributed by atoms with van der Waals surface area (Å²) in [6, 6.07) is 11.3. The molecule has 3 aromatic rings. The number of halogens is 3. The van der Waals surface area contributed by atoms with Crippen molar-refractivity contribution in [3.63, 3.8) is 0 Å². The second-order valence-corrected chi connectivity index (χ2v) is 6.29. The molecule has 29 heavy (non-hydrogen) atoms. The second-order valence-electron chi connectivity index (χ2n) is 6.29. The van der Waals surface area contributed by atoms with E-state index in [1.807, 2.05) is 0 Å². The molecule has 1 heterocycles. The van der Waals surface area contributed by atoms with Crippen LogP contribution in [0.25, 0.3) is 11.5 Å². The maximum atomic E-state index is 12.6. The first-order valence-corrected chi connectivity index (χ1v) is 9.04. The van der Waals surface area contributed by atoms with Gasteiger partial charge in [0.1, 0.15) is 12.0 Å². The van der Waals surface area contributed by atoms with Gasteiger partial charge in [-0.3, -0.25) is 4.79 Å². The lowest BCUT2D eigenvalue weighted by Crippen LogP contribution is -2.12. The van der Waals surface area contributed by atoms with Crippen LogP contribution in [0, 0.1) is 0 Å². The van der Waals surface area contributed by atoms with Crippen LogP contribution in [0.2, 0.25) is 0 Å². The third-order valence-electron chi connectivity index (χ3n) is 4.07. The predicted octanol–water partition coefficient (Wildman–Crippen LogP) is 5.79. The fourth-order valence-electron chi connectivity index (χ4n) is 2.48. The molecule has 0 bridgehead atoms. The van der Waals surface area contributed by atoms with E-state index in [1.54, 1.807) is 24.3 Å². The van der Waals surface area contributed by atoms with E-state index in [0.29, 0.717) is 23.6 Å². The normalized spacial score (nSPS) is 11.3. The Bertz CT molecular complexity index is 949. The number of alkyl halides is 3. The summed E-state index contributed by atoms with van der Waals surface area (Å²) in [5.74, 6) is 0.276. The molecule has 0 unspecified atom stereocenters. The molecule has 0 aliphatic rings. The van der Waals surface area contributed by atoms with E-state index >= 15 is 0 Å². The second kappa shape index (κ2) is 8.81. The Labute approximate surface area is 165 Å². The Balaban J connectivity index is 1.63. The van der Waals surface area contributed by atoms with Crippen LogP contribution in [0.4, 0.5) is 18.9 Å². The van der Waals surface area contributed by atoms with Crippen LogP contribution < -0.4 is 10.1 Å². The number of oxazole rings is 1. The average molecular weight is 404 g/mol. The zero-order valence-electron chi connectivity index (χ0n) is 15.6. The van der Waals surface area contributed by atoms with Gasteiger partial charge in [0.25, 0.3) is 5.91 Å². The predicted molar refractivity (Wildman–Crippen MR) is 102 cm³/mol. The Morgan fingerprint density at radius 1 is 1.10 bits per heavy atom. The van der Waals surface area contributed by atoms with Crippen LogP contribution in [-0.4, -0.2) is 17.5 Å². The van der Waals surface area contributed by atoms with Gasteiger partial charge in [0.05, 0.1) is 12.2 Å². The number of unbranched alkanes of at least 4 members (excludes halogenated alkanes) is 1. The summed E-state index contributed by atoms with van der Waals surface area (Å²) >= 11 is 0. The molecule has 0 saturated heterocycles. The summed E-state index contributed by atoms with van der Waals surface area (Å²) < 4.78 is 48.7. The van der Waals surface area contributed by atoms with E-state index in [4.69, 9.17) is 9.15 Å². The molecule has 0 saturated carbocycles. The van der Waals surface area contributed by atoms with Crippen molar-refractivity contribution in [1.82, 2.24) is 4.98 Å². The number of carbonyl (C=O) groups is 1. The summed E-state index contributed by atoms with van der Waals surface area (Å²) in [6.45, 7) is 2.71. The highest BCUT2D eigenvalue weighted by Gasteiger charge is 2.30. The minimum Gasteiger partial charge on any atom is -0.494 e. The average Bonchev–Trinajstić information content (AvgIpc) is 3.19. The standard InChI is InChI=1S/C21H19F3N2O3/c1-2-3-12-28-17-10-8-16(9-11-17)25-19(27)18-13-29-20(26-18)14-4-6-15(7-5-14)21(22,23)24/h4-11,13H,2-3,12H2,1H3,(H,25,27). The van der Waals surface area contributed by atoms with Gasteiger partial charge in [-0.25, -0.2) is 4.98 Å². The van der Waals surface area contributed by atoms with Crippen molar-refractivity contribution in [2.75, 3.05) is 11.9 Å². The van der Waals surface area contributed by atoms with Gasteiger partial charge in [-0.2, -0.15) is 13.2 Å². The summed E-state index contributed by atoms with van der Waals surface area (Å²) in [5, 5.41) is 2.68. The number of hydrogen-bond acceptors (Lipinski definition) is 4. The maximum Gasteiger partial charge on any atom is 0.416 e. The van der Waals surface area contributed by atoms with Gasteiger partial charge in [-0.1, -0.05) is 13.3 Å². The van der Waals surface area contributed by atoms with Crippen LogP contribution >= 0.6 is 0 Å². The number of anilines is 1. The summed E-state index contributed by atoms with van der Waals surface area (Å²) in [5.41, 5.74) is 0.138. The summed E-state index contributed by atoms with van der Waals surface area (Å²) in [7, 11) is 0. The zero-order chi connectivity index (χ0) is 20.9. The zero-order valence-corrected chi connectivity index (χ0v) is 15.6. The van der Waals surface area contributed by atoms with Crippen LogP contribution in [0.3, 0.4) is 0 Å². The number of ether oxygens (including phenoxy) is 1. The summed E-state index contributed by atoms with van der Waals surface area (Å²) in [6.07, 6.45) is -1.26. The molecule has 2 aromatic carbocycles. The Morgan fingerprint density at radius 3 is 2.41 bits per heavy atom. The smallest absolute Gasteiger partial charge is 0.416 e. The number of benzene rings is 2. The minimum absolute atomic E-state index is 0.0168. The molecule has 0 aliphatic heterocycles. The molecule has 0 radical (unpaired) electrons. The third kappa shape index (κ3) is 5.37. The number of amides is 1. The highest BCUT2D eigenvalue weighted by atomic mass is 19.4. The van der Waals surface area contributed by atoms with Crippen LogP contribution in [-0.2, 0) is 6.18 Å². The Kier molecular flexibility index (Phi) is 6.21. The van der Waals surface area contributed by atoms with Crippen molar-refractivity contribution in [3.05, 3.63) is 66.1 Å². The van der Waals surface area contributed by atoms with E-state index in [2.05, 4.69) is 17.2 Å². The molecule has 0 atom stereocenters. The van der Waals surface area contributed by atoms with Crippen molar-refractivity contribution in [2.45, 2.75) is 25.9 Å². The topological polar surface area (TPSA) is 64.4 Å². The van der Waals surface area contributed by atoms with E-state index in [1.165, 1.54) is 12.1 Å². The molecule has 0 spiro atoms. The fourth-order valence-corrected chi connectivity index (χ4v) is 2.48. The van der Waals surface area contributed by atoms with Gasteiger partial charge >= 0.3 is 6.18 Å². The molecule has 1 aromatic heterocycles. The number of rotatable bonds is 7. The number of nitrogens with zero attached hydrogens (tertiary/aromatic N) is 1. The molecule has 0 aliphatic carbocycles. The largest absolute Gasteiger partial charge is 0.494 e. The Hall–Kier alpha value is -3.29. The van der Waals surface area contributed by atoms with Crippen molar-refractivity contribution in [3.8, 4) is 17.2 Å². The van der Waals surface area contributed by atoms with E-state index in [-0.39, 0.29) is 11.6 Å². The molecule has 1 amide bonds. The SMILES string of the molecule is CCCCOc1ccc(NC(=O)c2coc(-c3ccc(C(F)(F)F)cc3)n2)cc1. The third-order valence-corrected chi connectivity index (χ3v) is 4.07. The lowest BCUT2D eigenvalue weighted by molar-refractivity contribution is -0.137. The molecule has 3 rings (SSSR count). The first-order valence-electron chi connectivity index (χ1n) is 9.04. The summed E-state index contributed by atoms with van der Waals surface area (Å²) in [4.78, 5) is 16.4. The van der Waals surface area contributed by atoms with Gasteiger partial charge in [0.2, 0.25) is 5.89 Å². The lowest BCUT2D eigenvalue weighted by atomic mass is 10.1. The number of carbonyl (C=O) groups excluding carboxylic acids is 1. The van der Waals surface area contributed by atoms with Gasteiger partial charge in [-0.05, 0) is 55.0 Å². The molecule has 8 heteroatoms. The van der Waals surface area contributed by atoms with E-state index in [0.717, 1.165) is 31.2 Å². The lowest BCUT2D eigenvalue weighted by Gasteiger charge is -2.07. The number of aromatic nitrogens is 1. The maximum absolute atomic E-state index is 12.6. The molecule has 152 valence electrons. The minimum atomic E-state index is -4.42. The van der Waals surface area contributed by atoms with Crippen molar-refractivity contribution < 1.29 is 27.1 Å². The highest BCUT2D eigenvalue weighted by Crippen LogP contribution is 2.30. The number of hydrogen-bond donors (Lipinski definition) is 1. The van der Waals surface area contributed by atoms with Crippen LogP contribution in [0.1, 0.15) is 35.8 Å².